The van der Waals surface area contributed by atoms with Crippen molar-refractivity contribution < 1.29 is 0 Å². The molecule has 0 aromatic heterocycles. The standard InChI is InChI=1S/C13H12N2/c1-2-9-7-8-11(14)13(15)12(9)10-5-3-4-6-10/h1,3-8,10H,14-15H2. The molecule has 0 amide bonds. The van der Waals surface area contributed by atoms with Gasteiger partial charge in [-0.15, -0.1) is 6.42 Å². The molecule has 0 radical (unpaired) electrons. The average Bonchev–Trinajstić information content (AvgIpc) is 2.75. The van der Waals surface area contributed by atoms with Crippen molar-refractivity contribution in [2.45, 2.75) is 5.92 Å². The third-order valence-corrected chi connectivity index (χ3v) is 2.56. The van der Waals surface area contributed by atoms with Crippen molar-refractivity contribution in [2.24, 2.45) is 0 Å². The Balaban J connectivity index is 2.62. The summed E-state index contributed by atoms with van der Waals surface area (Å²) in [4.78, 5) is 0. The van der Waals surface area contributed by atoms with Crippen molar-refractivity contribution in [2.75, 3.05) is 11.5 Å². The molecule has 15 heavy (non-hydrogen) atoms. The molecule has 1 aromatic rings. The third kappa shape index (κ3) is 1.49. The molecule has 2 nitrogen and oxygen atoms in total. The predicted molar refractivity (Wildman–Crippen MR) is 64.2 cm³/mol. The Morgan fingerprint density at radius 2 is 1.80 bits per heavy atom. The molecule has 1 aliphatic rings. The lowest BCUT2D eigenvalue weighted by atomic mass is 9.93. The lowest BCUT2D eigenvalue weighted by Gasteiger charge is -2.14. The first-order chi connectivity index (χ1) is 7.24. The monoisotopic (exact) mass is 196 g/mol. The number of rotatable bonds is 1. The van der Waals surface area contributed by atoms with Crippen molar-refractivity contribution in [1.29, 1.82) is 0 Å². The van der Waals surface area contributed by atoms with Crippen molar-refractivity contribution in [3.8, 4) is 12.3 Å². The minimum Gasteiger partial charge on any atom is -0.397 e. The Morgan fingerprint density at radius 3 is 2.40 bits per heavy atom. The van der Waals surface area contributed by atoms with Crippen LogP contribution >= 0.6 is 0 Å². The maximum absolute atomic E-state index is 5.95. The Bertz CT molecular complexity index is 478. The zero-order valence-corrected chi connectivity index (χ0v) is 8.27. The molecule has 0 heterocycles. The molecule has 0 unspecified atom stereocenters. The van der Waals surface area contributed by atoms with Gasteiger partial charge in [0, 0.05) is 17.0 Å². The van der Waals surface area contributed by atoms with Crippen LogP contribution in [0.5, 0.6) is 0 Å². The van der Waals surface area contributed by atoms with Crippen LogP contribution in [-0.4, -0.2) is 0 Å². The predicted octanol–water partition coefficient (Wildman–Crippen LogP) is 2.04. The van der Waals surface area contributed by atoms with Gasteiger partial charge >= 0.3 is 0 Å². The lowest BCUT2D eigenvalue weighted by Crippen LogP contribution is -2.04. The van der Waals surface area contributed by atoms with Crippen LogP contribution in [-0.2, 0) is 0 Å². The molecule has 0 fully saturated rings. The van der Waals surface area contributed by atoms with E-state index in [1.54, 1.807) is 6.07 Å². The van der Waals surface area contributed by atoms with Crippen LogP contribution < -0.4 is 11.5 Å². The second-order valence-corrected chi connectivity index (χ2v) is 3.47. The van der Waals surface area contributed by atoms with Crippen molar-refractivity contribution >= 4 is 11.4 Å². The van der Waals surface area contributed by atoms with E-state index in [0.29, 0.717) is 11.4 Å². The van der Waals surface area contributed by atoms with E-state index >= 15 is 0 Å². The van der Waals surface area contributed by atoms with E-state index in [-0.39, 0.29) is 5.92 Å². The Kier molecular flexibility index (Phi) is 2.23. The van der Waals surface area contributed by atoms with Gasteiger partial charge in [0.25, 0.3) is 0 Å². The van der Waals surface area contributed by atoms with Crippen LogP contribution in [0.4, 0.5) is 11.4 Å². The summed E-state index contributed by atoms with van der Waals surface area (Å²) >= 11 is 0. The van der Waals surface area contributed by atoms with E-state index in [1.165, 1.54) is 0 Å². The highest BCUT2D eigenvalue weighted by Crippen LogP contribution is 2.33. The second kappa shape index (κ2) is 3.55. The minimum absolute atomic E-state index is 0.152. The van der Waals surface area contributed by atoms with Gasteiger partial charge in [0.2, 0.25) is 0 Å². The maximum atomic E-state index is 5.95. The van der Waals surface area contributed by atoms with E-state index in [0.717, 1.165) is 11.1 Å². The highest BCUT2D eigenvalue weighted by molar-refractivity contribution is 5.73. The van der Waals surface area contributed by atoms with Crippen LogP contribution in [0.3, 0.4) is 0 Å². The summed E-state index contributed by atoms with van der Waals surface area (Å²) in [5.74, 6) is 2.79. The topological polar surface area (TPSA) is 52.0 Å². The van der Waals surface area contributed by atoms with Crippen LogP contribution in [0, 0.1) is 12.3 Å². The van der Waals surface area contributed by atoms with Gasteiger partial charge in [-0.1, -0.05) is 30.2 Å². The zero-order valence-electron chi connectivity index (χ0n) is 8.27. The smallest absolute Gasteiger partial charge is 0.0602 e. The van der Waals surface area contributed by atoms with Gasteiger partial charge in [0.15, 0.2) is 0 Å². The highest BCUT2D eigenvalue weighted by Gasteiger charge is 2.15. The summed E-state index contributed by atoms with van der Waals surface area (Å²) in [5.41, 5.74) is 14.6. The van der Waals surface area contributed by atoms with Crippen molar-refractivity contribution in [3.05, 3.63) is 47.6 Å². The molecule has 74 valence electrons. The fourth-order valence-electron chi connectivity index (χ4n) is 1.76. The van der Waals surface area contributed by atoms with E-state index in [1.807, 2.05) is 30.4 Å². The van der Waals surface area contributed by atoms with Gasteiger partial charge in [0.1, 0.15) is 0 Å². The molecular formula is C13H12N2. The van der Waals surface area contributed by atoms with Crippen molar-refractivity contribution in [3.63, 3.8) is 0 Å². The molecule has 2 heteroatoms. The number of hydrogen-bond acceptors (Lipinski definition) is 2. The summed E-state index contributed by atoms with van der Waals surface area (Å²) in [6, 6.07) is 3.58. The summed E-state index contributed by atoms with van der Waals surface area (Å²) in [6.45, 7) is 0. The number of nitrogen functional groups attached to an aromatic ring is 2. The van der Waals surface area contributed by atoms with Crippen molar-refractivity contribution in [1.82, 2.24) is 0 Å². The van der Waals surface area contributed by atoms with Gasteiger partial charge in [-0.25, -0.2) is 0 Å². The van der Waals surface area contributed by atoms with Crippen LogP contribution in [0.25, 0.3) is 0 Å². The average molecular weight is 196 g/mol. The lowest BCUT2D eigenvalue weighted by molar-refractivity contribution is 1.10. The quantitative estimate of drug-likeness (QED) is 0.533. The Labute approximate surface area is 89.3 Å². The molecule has 4 N–H and O–H groups in total. The van der Waals surface area contributed by atoms with Crippen LogP contribution in [0.15, 0.2) is 36.4 Å². The van der Waals surface area contributed by atoms with E-state index in [2.05, 4.69) is 5.92 Å². The fourth-order valence-corrected chi connectivity index (χ4v) is 1.76. The number of hydrogen-bond donors (Lipinski definition) is 2. The first-order valence-electron chi connectivity index (χ1n) is 4.73. The summed E-state index contributed by atoms with van der Waals surface area (Å²) in [6.07, 6.45) is 13.5. The Hall–Kier alpha value is -2.14. The van der Waals surface area contributed by atoms with Crippen LogP contribution in [0.1, 0.15) is 17.0 Å². The molecule has 1 aromatic carbocycles. The zero-order chi connectivity index (χ0) is 10.8. The van der Waals surface area contributed by atoms with E-state index in [9.17, 15) is 0 Å². The summed E-state index contributed by atoms with van der Waals surface area (Å²) in [7, 11) is 0. The molecule has 1 aliphatic carbocycles. The Morgan fingerprint density at radius 1 is 1.13 bits per heavy atom. The van der Waals surface area contributed by atoms with Gasteiger partial charge in [-0.05, 0) is 12.1 Å². The molecule has 0 saturated heterocycles. The minimum atomic E-state index is 0.152. The molecular weight excluding hydrogens is 184 g/mol. The number of benzene rings is 1. The highest BCUT2D eigenvalue weighted by atomic mass is 14.7. The van der Waals surface area contributed by atoms with Gasteiger partial charge in [-0.2, -0.15) is 0 Å². The third-order valence-electron chi connectivity index (χ3n) is 2.56. The molecule has 0 bridgehead atoms. The van der Waals surface area contributed by atoms with Gasteiger partial charge in [0.05, 0.1) is 11.4 Å². The van der Waals surface area contributed by atoms with E-state index < -0.39 is 0 Å². The number of allylic oxidation sites excluding steroid dienone is 4. The second-order valence-electron chi connectivity index (χ2n) is 3.47. The summed E-state index contributed by atoms with van der Waals surface area (Å²) < 4.78 is 0. The molecule has 0 aliphatic heterocycles. The largest absolute Gasteiger partial charge is 0.397 e. The first-order valence-corrected chi connectivity index (χ1v) is 4.73. The molecule has 0 spiro atoms. The first kappa shape index (κ1) is 9.42. The normalized spacial score (nSPS) is 14.3. The van der Waals surface area contributed by atoms with Gasteiger partial charge < -0.3 is 11.5 Å². The fraction of sp³-hybridized carbons (Fsp3) is 0.0769. The number of nitrogens with two attached hydrogens (primary N) is 2. The van der Waals surface area contributed by atoms with E-state index in [4.69, 9.17) is 17.9 Å². The van der Waals surface area contributed by atoms with Gasteiger partial charge in [-0.3, -0.25) is 0 Å². The van der Waals surface area contributed by atoms with Crippen LogP contribution in [0.2, 0.25) is 0 Å². The SMILES string of the molecule is C#Cc1ccc(N)c(N)c1C1C=CC=C1. The summed E-state index contributed by atoms with van der Waals surface area (Å²) in [5, 5.41) is 0. The molecule has 2 rings (SSSR count). The number of anilines is 2. The maximum Gasteiger partial charge on any atom is 0.0602 e. The molecule has 0 saturated carbocycles. The number of terminal acetylenes is 1. The molecule has 0 atom stereocenters.